The Kier molecular flexibility index (Phi) is 7.57. The summed E-state index contributed by atoms with van der Waals surface area (Å²) in [5.41, 5.74) is 1.10. The zero-order valence-electron chi connectivity index (χ0n) is 17.0. The Morgan fingerprint density at radius 3 is 2.22 bits per heavy atom. The Balaban J connectivity index is 2.17. The Hall–Kier alpha value is -1.28. The van der Waals surface area contributed by atoms with E-state index in [1.165, 1.54) is 11.8 Å². The number of hydrogen-bond donors (Lipinski definition) is 0. The van der Waals surface area contributed by atoms with Gasteiger partial charge in [-0.25, -0.2) is 0 Å². The molecule has 0 amide bonds. The van der Waals surface area contributed by atoms with Gasteiger partial charge < -0.3 is 18.8 Å². The lowest BCUT2D eigenvalue weighted by atomic mass is 9.78. The summed E-state index contributed by atoms with van der Waals surface area (Å²) in [5.74, 6) is 1.32. The minimum Gasteiger partial charge on any atom is -0.491 e. The third-order valence-corrected chi connectivity index (χ3v) is 5.67. The molecule has 0 unspecified atom stereocenters. The minimum atomic E-state index is -0.473. The molecule has 5 nitrogen and oxygen atoms in total. The molecular weight excluding hydrogens is 363 g/mol. The molecule has 1 saturated heterocycles. The van der Waals surface area contributed by atoms with Gasteiger partial charge in [-0.15, -0.1) is 0 Å². The van der Waals surface area contributed by atoms with E-state index >= 15 is 0 Å². The van der Waals surface area contributed by atoms with Gasteiger partial charge in [-0.3, -0.25) is 4.79 Å². The number of carbonyl (C=O) groups excluding carboxylic acids is 1. The summed E-state index contributed by atoms with van der Waals surface area (Å²) in [7, 11) is 1.17. The molecule has 7 heteroatoms. The first kappa shape index (κ1) is 22.0. The fourth-order valence-corrected chi connectivity index (χ4v) is 3.06. The van der Waals surface area contributed by atoms with E-state index in [0.717, 1.165) is 16.8 Å². The van der Waals surface area contributed by atoms with Crippen molar-refractivity contribution >= 4 is 30.1 Å². The molecule has 1 heterocycles. The fourth-order valence-electron chi connectivity index (χ4n) is 2.47. The highest BCUT2D eigenvalue weighted by Gasteiger charge is 2.52. The van der Waals surface area contributed by atoms with Crippen molar-refractivity contribution in [2.45, 2.75) is 45.8 Å². The molecule has 1 aromatic rings. The van der Waals surface area contributed by atoms with Crippen LogP contribution in [-0.2, 0) is 18.8 Å². The van der Waals surface area contributed by atoms with Crippen LogP contribution in [0.15, 0.2) is 29.7 Å². The Labute approximate surface area is 166 Å². The van der Waals surface area contributed by atoms with E-state index in [4.69, 9.17) is 18.8 Å². The second kappa shape index (κ2) is 9.28. The average Bonchev–Trinajstić information content (AvgIpc) is 2.80. The quantitative estimate of drug-likeness (QED) is 0.492. The van der Waals surface area contributed by atoms with E-state index < -0.39 is 18.3 Å². The van der Waals surface area contributed by atoms with Gasteiger partial charge in [-0.2, -0.15) is 0 Å². The third kappa shape index (κ3) is 6.11. The number of thioether (sulfide) groups is 1. The van der Waals surface area contributed by atoms with Crippen molar-refractivity contribution in [1.29, 1.82) is 0 Å². The number of hydrogen-bond acceptors (Lipinski definition) is 6. The molecular formula is C20H29BO5S. The topological polar surface area (TPSA) is 54.0 Å². The van der Waals surface area contributed by atoms with Gasteiger partial charge in [0.05, 0.1) is 17.8 Å². The van der Waals surface area contributed by atoms with Crippen molar-refractivity contribution in [3.8, 4) is 5.75 Å². The zero-order chi connectivity index (χ0) is 20.1. The van der Waals surface area contributed by atoms with Crippen molar-refractivity contribution in [3.63, 3.8) is 0 Å². The fraction of sp³-hybridized carbons (Fsp3) is 0.550. The second-order valence-electron chi connectivity index (χ2n) is 7.50. The zero-order valence-corrected chi connectivity index (χ0v) is 17.9. The smallest absolute Gasteiger partial charge is 0.491 e. The molecule has 0 radical (unpaired) electrons. The van der Waals surface area contributed by atoms with Crippen LogP contribution in [0.25, 0.3) is 6.08 Å². The van der Waals surface area contributed by atoms with E-state index in [0.29, 0.717) is 19.0 Å². The molecule has 0 spiro atoms. The number of rotatable bonds is 8. The Morgan fingerprint density at radius 2 is 1.70 bits per heavy atom. The first-order valence-electron chi connectivity index (χ1n) is 9.06. The number of ether oxygens (including phenoxy) is 2. The lowest BCUT2D eigenvalue weighted by Crippen LogP contribution is -2.41. The molecule has 0 atom stereocenters. The Morgan fingerprint density at radius 1 is 1.11 bits per heavy atom. The first-order chi connectivity index (χ1) is 12.6. The predicted octanol–water partition coefficient (Wildman–Crippen LogP) is 4.01. The molecule has 0 aliphatic carbocycles. The van der Waals surface area contributed by atoms with Crippen molar-refractivity contribution in [1.82, 2.24) is 0 Å². The van der Waals surface area contributed by atoms with Crippen LogP contribution in [-0.4, -0.2) is 49.5 Å². The summed E-state index contributed by atoms with van der Waals surface area (Å²) in [6.07, 6.45) is 2.02. The van der Waals surface area contributed by atoms with Crippen LogP contribution < -0.4 is 4.74 Å². The molecule has 1 aromatic carbocycles. The molecule has 148 valence electrons. The summed E-state index contributed by atoms with van der Waals surface area (Å²) >= 11 is 1.26. The van der Waals surface area contributed by atoms with Crippen LogP contribution in [0.3, 0.4) is 0 Å². The van der Waals surface area contributed by atoms with E-state index in [9.17, 15) is 4.79 Å². The van der Waals surface area contributed by atoms with Crippen LogP contribution >= 0.6 is 11.8 Å². The SMILES string of the molecule is COCCOc1ccc(C=C(CSC(C)=O)B2OC(C)(C)C(C)(C)O2)cc1. The summed E-state index contributed by atoms with van der Waals surface area (Å²) in [6.45, 7) is 10.7. The maximum absolute atomic E-state index is 11.5. The van der Waals surface area contributed by atoms with Crippen molar-refractivity contribution in [3.05, 3.63) is 35.3 Å². The molecule has 1 aliphatic rings. The third-order valence-electron chi connectivity index (χ3n) is 4.79. The van der Waals surface area contributed by atoms with Crippen LogP contribution in [0.2, 0.25) is 0 Å². The number of methoxy groups -OCH3 is 1. The van der Waals surface area contributed by atoms with E-state index in [2.05, 4.69) is 0 Å². The lowest BCUT2D eigenvalue weighted by Gasteiger charge is -2.32. The normalized spacial score (nSPS) is 18.6. The van der Waals surface area contributed by atoms with Crippen LogP contribution in [0.5, 0.6) is 5.75 Å². The van der Waals surface area contributed by atoms with Crippen molar-refractivity contribution < 1.29 is 23.6 Å². The van der Waals surface area contributed by atoms with Gasteiger partial charge in [0, 0.05) is 19.8 Å². The summed E-state index contributed by atoms with van der Waals surface area (Å²) in [6, 6.07) is 7.79. The van der Waals surface area contributed by atoms with Gasteiger partial charge in [0.2, 0.25) is 0 Å². The van der Waals surface area contributed by atoms with E-state index in [1.54, 1.807) is 14.0 Å². The molecule has 27 heavy (non-hydrogen) atoms. The molecule has 0 N–H and O–H groups in total. The maximum Gasteiger partial charge on any atom is 0.491 e. The maximum atomic E-state index is 11.5. The van der Waals surface area contributed by atoms with Crippen LogP contribution in [0, 0.1) is 0 Å². The summed E-state index contributed by atoms with van der Waals surface area (Å²) in [5, 5.41) is 0.0688. The average molecular weight is 392 g/mol. The molecule has 2 rings (SSSR count). The second-order valence-corrected chi connectivity index (χ2v) is 8.65. The molecule has 0 aromatic heterocycles. The van der Waals surface area contributed by atoms with Crippen molar-refractivity contribution in [2.24, 2.45) is 0 Å². The highest BCUT2D eigenvalue weighted by atomic mass is 32.2. The Bertz CT molecular complexity index is 653. The summed E-state index contributed by atoms with van der Waals surface area (Å²) in [4.78, 5) is 11.5. The first-order valence-corrected chi connectivity index (χ1v) is 10.0. The predicted molar refractivity (Wildman–Crippen MR) is 111 cm³/mol. The largest absolute Gasteiger partial charge is 0.491 e. The van der Waals surface area contributed by atoms with Crippen LogP contribution in [0.1, 0.15) is 40.2 Å². The van der Waals surface area contributed by atoms with Gasteiger partial charge >= 0.3 is 7.12 Å². The van der Waals surface area contributed by atoms with Crippen LogP contribution in [0.4, 0.5) is 0 Å². The highest BCUT2D eigenvalue weighted by Crippen LogP contribution is 2.39. The monoisotopic (exact) mass is 392 g/mol. The highest BCUT2D eigenvalue weighted by molar-refractivity contribution is 8.13. The van der Waals surface area contributed by atoms with Crippen molar-refractivity contribution in [2.75, 3.05) is 26.1 Å². The minimum absolute atomic E-state index is 0.0688. The standard InChI is InChI=1S/C20H29BO5S/c1-15(22)27-14-17(21-25-19(2,3)20(4,5)26-21)13-16-7-9-18(10-8-16)24-12-11-23-6/h7-10,13H,11-12,14H2,1-6H3. The van der Waals surface area contributed by atoms with Gasteiger partial charge in [0.1, 0.15) is 12.4 Å². The van der Waals surface area contributed by atoms with Gasteiger partial charge in [-0.05, 0) is 50.9 Å². The number of benzene rings is 1. The van der Waals surface area contributed by atoms with E-state index in [-0.39, 0.29) is 5.12 Å². The van der Waals surface area contributed by atoms with Gasteiger partial charge in [0.25, 0.3) is 0 Å². The molecule has 1 fully saturated rings. The molecule has 0 saturated carbocycles. The molecule has 0 bridgehead atoms. The number of carbonyl (C=O) groups is 1. The van der Waals surface area contributed by atoms with Gasteiger partial charge in [0.15, 0.2) is 5.12 Å². The molecule has 1 aliphatic heterocycles. The lowest BCUT2D eigenvalue weighted by molar-refractivity contribution is -0.109. The summed E-state index contributed by atoms with van der Waals surface area (Å²) < 4.78 is 22.9. The van der Waals surface area contributed by atoms with Gasteiger partial charge in [-0.1, -0.05) is 30.0 Å². The van der Waals surface area contributed by atoms with E-state index in [1.807, 2.05) is 58.0 Å².